The lowest BCUT2D eigenvalue weighted by atomic mass is 9.74. The molecule has 3 aliphatic heterocycles. The van der Waals surface area contributed by atoms with Gasteiger partial charge in [0.15, 0.2) is 0 Å². The van der Waals surface area contributed by atoms with Crippen LogP contribution in [0.25, 0.3) is 0 Å². The summed E-state index contributed by atoms with van der Waals surface area (Å²) in [6.45, 7) is 4.56. The minimum atomic E-state index is 0.256. The highest BCUT2D eigenvalue weighted by molar-refractivity contribution is 5.03. The SMILES string of the molecule is CN1CCC(NCC23CC(CO2)C3)C1. The third kappa shape index (κ3) is 1.47. The molecule has 1 aliphatic carbocycles. The third-order valence-corrected chi connectivity index (χ3v) is 4.05. The molecule has 0 radical (unpaired) electrons. The molecule has 3 nitrogen and oxygen atoms in total. The van der Waals surface area contributed by atoms with Gasteiger partial charge in [0.2, 0.25) is 0 Å². The van der Waals surface area contributed by atoms with Crippen LogP contribution in [-0.4, -0.2) is 49.8 Å². The molecule has 1 saturated carbocycles. The summed E-state index contributed by atoms with van der Waals surface area (Å²) in [5.41, 5.74) is 0.256. The Bertz CT molecular complexity index is 220. The number of ether oxygens (including phenoxy) is 1. The van der Waals surface area contributed by atoms with E-state index in [2.05, 4.69) is 17.3 Å². The molecule has 0 amide bonds. The first kappa shape index (κ1) is 9.13. The zero-order valence-electron chi connectivity index (χ0n) is 8.96. The first-order valence-corrected chi connectivity index (χ1v) is 5.82. The molecule has 0 spiro atoms. The Morgan fingerprint density at radius 2 is 2.36 bits per heavy atom. The molecule has 1 atom stereocenters. The van der Waals surface area contributed by atoms with Crippen molar-refractivity contribution in [3.63, 3.8) is 0 Å². The van der Waals surface area contributed by atoms with E-state index in [1.165, 1.54) is 32.4 Å². The van der Waals surface area contributed by atoms with Crippen molar-refractivity contribution < 1.29 is 4.74 Å². The van der Waals surface area contributed by atoms with Gasteiger partial charge in [-0.25, -0.2) is 0 Å². The van der Waals surface area contributed by atoms with Crippen molar-refractivity contribution in [2.24, 2.45) is 5.92 Å². The van der Waals surface area contributed by atoms with Crippen LogP contribution in [0.4, 0.5) is 0 Å². The molecule has 3 heteroatoms. The van der Waals surface area contributed by atoms with E-state index in [-0.39, 0.29) is 5.60 Å². The highest BCUT2D eigenvalue weighted by Crippen LogP contribution is 2.47. The van der Waals surface area contributed by atoms with Gasteiger partial charge in [-0.1, -0.05) is 0 Å². The molecule has 4 aliphatic rings. The van der Waals surface area contributed by atoms with Crippen molar-refractivity contribution in [3.05, 3.63) is 0 Å². The number of hydrogen-bond donors (Lipinski definition) is 1. The average molecular weight is 196 g/mol. The van der Waals surface area contributed by atoms with E-state index in [0.29, 0.717) is 6.04 Å². The predicted octanol–water partition coefficient (Wildman–Crippen LogP) is 0.459. The zero-order chi connectivity index (χ0) is 9.60. The van der Waals surface area contributed by atoms with E-state index < -0.39 is 0 Å². The maximum atomic E-state index is 5.83. The first-order valence-electron chi connectivity index (χ1n) is 5.82. The normalized spacial score (nSPS) is 46.9. The van der Waals surface area contributed by atoms with Gasteiger partial charge in [0.1, 0.15) is 0 Å². The molecule has 0 aromatic heterocycles. The molecule has 80 valence electrons. The van der Waals surface area contributed by atoms with Crippen molar-refractivity contribution in [1.29, 1.82) is 0 Å². The van der Waals surface area contributed by atoms with Gasteiger partial charge >= 0.3 is 0 Å². The van der Waals surface area contributed by atoms with Gasteiger partial charge < -0.3 is 15.0 Å². The van der Waals surface area contributed by atoms with Crippen LogP contribution < -0.4 is 5.32 Å². The van der Waals surface area contributed by atoms with Crippen LogP contribution in [0.5, 0.6) is 0 Å². The molecule has 1 unspecified atom stereocenters. The molecular formula is C11H20N2O. The summed E-state index contributed by atoms with van der Waals surface area (Å²) >= 11 is 0. The van der Waals surface area contributed by atoms with E-state index in [9.17, 15) is 0 Å². The third-order valence-electron chi connectivity index (χ3n) is 4.05. The minimum Gasteiger partial charge on any atom is -0.373 e. The molecular weight excluding hydrogens is 176 g/mol. The van der Waals surface area contributed by atoms with Crippen LogP contribution in [0.1, 0.15) is 19.3 Å². The second-order valence-electron chi connectivity index (χ2n) is 5.40. The van der Waals surface area contributed by atoms with Crippen molar-refractivity contribution >= 4 is 0 Å². The lowest BCUT2D eigenvalue weighted by Crippen LogP contribution is -2.48. The number of likely N-dealkylation sites (tertiary alicyclic amines) is 1. The Hall–Kier alpha value is -0.120. The summed E-state index contributed by atoms with van der Waals surface area (Å²) in [4.78, 5) is 2.40. The van der Waals surface area contributed by atoms with Gasteiger partial charge in [-0.2, -0.15) is 0 Å². The highest BCUT2D eigenvalue weighted by atomic mass is 16.5. The number of nitrogens with one attached hydrogen (secondary N) is 1. The quantitative estimate of drug-likeness (QED) is 0.709. The summed E-state index contributed by atoms with van der Waals surface area (Å²) < 4.78 is 5.83. The monoisotopic (exact) mass is 196 g/mol. The standard InChI is InChI=1S/C11H20N2O/c1-13-3-2-10(6-13)12-8-11-4-9(5-11)7-14-11/h9-10,12H,2-8H2,1H3. The molecule has 3 saturated heterocycles. The molecule has 3 heterocycles. The average Bonchev–Trinajstić information content (AvgIpc) is 2.73. The summed E-state index contributed by atoms with van der Waals surface area (Å²) in [5, 5.41) is 3.67. The van der Waals surface area contributed by atoms with E-state index >= 15 is 0 Å². The van der Waals surface area contributed by atoms with Crippen LogP contribution in [-0.2, 0) is 4.74 Å². The fraction of sp³-hybridized carbons (Fsp3) is 1.00. The number of hydrogen-bond acceptors (Lipinski definition) is 3. The molecule has 2 bridgehead atoms. The summed E-state index contributed by atoms with van der Waals surface area (Å²) in [6, 6.07) is 0.706. The van der Waals surface area contributed by atoms with Crippen LogP contribution in [0.3, 0.4) is 0 Å². The van der Waals surface area contributed by atoms with Gasteiger partial charge in [0, 0.05) is 19.1 Å². The molecule has 1 N–H and O–H groups in total. The van der Waals surface area contributed by atoms with Crippen molar-refractivity contribution in [2.75, 3.05) is 33.3 Å². The van der Waals surface area contributed by atoms with Crippen molar-refractivity contribution in [1.82, 2.24) is 10.2 Å². The number of rotatable bonds is 3. The minimum absolute atomic E-state index is 0.256. The Morgan fingerprint density at radius 3 is 2.93 bits per heavy atom. The van der Waals surface area contributed by atoms with Gasteiger partial charge in [-0.3, -0.25) is 0 Å². The summed E-state index contributed by atoms with van der Waals surface area (Å²) in [6.07, 6.45) is 3.92. The van der Waals surface area contributed by atoms with Gasteiger partial charge in [0.25, 0.3) is 0 Å². The van der Waals surface area contributed by atoms with Gasteiger partial charge in [-0.05, 0) is 38.8 Å². The van der Waals surface area contributed by atoms with Gasteiger partial charge in [0.05, 0.1) is 12.2 Å². The second-order valence-corrected chi connectivity index (χ2v) is 5.40. The zero-order valence-corrected chi connectivity index (χ0v) is 8.96. The Balaban J connectivity index is 1.46. The van der Waals surface area contributed by atoms with Crippen LogP contribution >= 0.6 is 0 Å². The topological polar surface area (TPSA) is 24.5 Å². The predicted molar refractivity (Wildman–Crippen MR) is 55.3 cm³/mol. The molecule has 14 heavy (non-hydrogen) atoms. The lowest BCUT2D eigenvalue weighted by molar-refractivity contribution is 0.000835. The molecule has 0 aromatic carbocycles. The van der Waals surface area contributed by atoms with E-state index in [4.69, 9.17) is 4.74 Å². The fourth-order valence-electron chi connectivity index (χ4n) is 3.15. The molecule has 4 rings (SSSR count). The second kappa shape index (κ2) is 3.19. The van der Waals surface area contributed by atoms with Crippen LogP contribution in [0.2, 0.25) is 0 Å². The molecule has 4 fully saturated rings. The molecule has 0 aromatic rings. The van der Waals surface area contributed by atoms with Crippen LogP contribution in [0.15, 0.2) is 0 Å². The maximum absolute atomic E-state index is 5.83. The van der Waals surface area contributed by atoms with Crippen LogP contribution in [0, 0.1) is 5.92 Å². The number of likely N-dealkylation sites (N-methyl/N-ethyl adjacent to an activating group) is 1. The lowest BCUT2D eigenvalue weighted by Gasteiger charge is -2.36. The Morgan fingerprint density at radius 1 is 1.50 bits per heavy atom. The van der Waals surface area contributed by atoms with Gasteiger partial charge in [-0.15, -0.1) is 0 Å². The number of fused-ring (bicyclic) bond motifs is 1. The first-order chi connectivity index (χ1) is 6.76. The maximum Gasteiger partial charge on any atom is 0.0813 e. The van der Waals surface area contributed by atoms with Crippen molar-refractivity contribution in [2.45, 2.75) is 30.9 Å². The van der Waals surface area contributed by atoms with E-state index in [1.807, 2.05) is 0 Å². The fourth-order valence-corrected chi connectivity index (χ4v) is 3.15. The highest BCUT2D eigenvalue weighted by Gasteiger charge is 2.51. The Labute approximate surface area is 85.8 Å². The largest absolute Gasteiger partial charge is 0.373 e. The van der Waals surface area contributed by atoms with E-state index in [1.54, 1.807) is 0 Å². The smallest absolute Gasteiger partial charge is 0.0813 e. The Kier molecular flexibility index (Phi) is 2.08. The number of nitrogens with zero attached hydrogens (tertiary/aromatic N) is 1. The van der Waals surface area contributed by atoms with E-state index in [0.717, 1.165) is 19.1 Å². The van der Waals surface area contributed by atoms with Crippen molar-refractivity contribution in [3.8, 4) is 0 Å². The summed E-state index contributed by atoms with van der Waals surface area (Å²) in [5.74, 6) is 0.892. The summed E-state index contributed by atoms with van der Waals surface area (Å²) in [7, 11) is 2.20.